The Bertz CT molecular complexity index is 444. The highest BCUT2D eigenvalue weighted by molar-refractivity contribution is 5.73. The Kier molecular flexibility index (Phi) is 6.09. The number of carboxylic acid groups (broad SMARTS) is 1. The van der Waals surface area contributed by atoms with Gasteiger partial charge in [0.15, 0.2) is 18.7 Å². The van der Waals surface area contributed by atoms with Gasteiger partial charge in [-0.05, 0) is 0 Å². The zero-order valence-corrected chi connectivity index (χ0v) is 12.2. The lowest BCUT2D eigenvalue weighted by Gasteiger charge is -2.44. The molecule has 12 heteroatoms. The summed E-state index contributed by atoms with van der Waals surface area (Å²) in [5.74, 6) is -1.63. The minimum Gasteiger partial charge on any atom is -0.479 e. The van der Waals surface area contributed by atoms with Crippen molar-refractivity contribution in [3.8, 4) is 0 Å². The van der Waals surface area contributed by atoms with Crippen LogP contribution in [0.25, 0.3) is 0 Å². The van der Waals surface area contributed by atoms with Gasteiger partial charge in [-0.2, -0.15) is 0 Å². The van der Waals surface area contributed by atoms with Crippen LogP contribution < -0.4 is 0 Å². The van der Waals surface area contributed by atoms with Crippen LogP contribution in [0.5, 0.6) is 0 Å². The van der Waals surface area contributed by atoms with Crippen molar-refractivity contribution in [2.45, 2.75) is 61.4 Å². The maximum Gasteiger partial charge on any atom is 0.335 e. The third-order valence-electron chi connectivity index (χ3n) is 3.95. The van der Waals surface area contributed by atoms with Crippen molar-refractivity contribution in [3.63, 3.8) is 0 Å². The highest BCUT2D eigenvalue weighted by Crippen LogP contribution is 2.28. The van der Waals surface area contributed by atoms with Gasteiger partial charge in [0.2, 0.25) is 0 Å². The fourth-order valence-corrected chi connectivity index (χ4v) is 2.54. The van der Waals surface area contributed by atoms with Crippen LogP contribution in [-0.4, -0.2) is 115 Å². The molecule has 10 atom stereocenters. The average Bonchev–Trinajstić information content (AvgIpc) is 2.54. The quantitative estimate of drug-likeness (QED) is 0.238. The Morgan fingerprint density at radius 3 is 2.04 bits per heavy atom. The normalized spacial score (nSPS) is 49.8. The molecule has 0 bridgehead atoms. The molecule has 2 heterocycles. The fraction of sp³-hybridized carbons (Fsp3) is 0.917. The number of ether oxygens (including phenoxy) is 3. The van der Waals surface area contributed by atoms with Crippen LogP contribution in [-0.2, 0) is 19.0 Å². The minimum atomic E-state index is -1.98. The highest BCUT2D eigenvalue weighted by atomic mass is 16.7. The molecule has 12 nitrogen and oxygen atoms in total. The van der Waals surface area contributed by atoms with Gasteiger partial charge in [-0.15, -0.1) is 0 Å². The Balaban J connectivity index is 2.18. The van der Waals surface area contributed by atoms with Gasteiger partial charge in [-0.25, -0.2) is 4.79 Å². The second-order valence-electron chi connectivity index (χ2n) is 5.56. The minimum absolute atomic E-state index is 0.738. The molecule has 140 valence electrons. The van der Waals surface area contributed by atoms with Gasteiger partial charge < -0.3 is 55.1 Å². The van der Waals surface area contributed by atoms with E-state index in [1.165, 1.54) is 0 Å². The molecule has 8 N–H and O–H groups in total. The van der Waals surface area contributed by atoms with Crippen LogP contribution >= 0.6 is 0 Å². The first kappa shape index (κ1) is 19.4. The fourth-order valence-electron chi connectivity index (χ4n) is 2.54. The first-order chi connectivity index (χ1) is 11.2. The third-order valence-corrected chi connectivity index (χ3v) is 3.95. The van der Waals surface area contributed by atoms with E-state index >= 15 is 0 Å². The maximum absolute atomic E-state index is 11.2. The van der Waals surface area contributed by atoms with Crippen LogP contribution in [0.4, 0.5) is 0 Å². The molecule has 2 aliphatic heterocycles. The second kappa shape index (κ2) is 7.53. The molecule has 0 unspecified atom stereocenters. The Morgan fingerprint density at radius 2 is 1.50 bits per heavy atom. The van der Waals surface area contributed by atoms with E-state index in [-0.39, 0.29) is 0 Å². The van der Waals surface area contributed by atoms with Crippen LogP contribution in [0.15, 0.2) is 0 Å². The number of hydrogen-bond donors (Lipinski definition) is 8. The predicted octanol–water partition coefficient (Wildman–Crippen LogP) is -5.30. The number of aliphatic carboxylic acids is 1. The summed E-state index contributed by atoms with van der Waals surface area (Å²) in [6, 6.07) is 0. The molecular weight excluding hydrogens is 336 g/mol. The summed E-state index contributed by atoms with van der Waals surface area (Å²) >= 11 is 0. The van der Waals surface area contributed by atoms with Gasteiger partial charge in [0.25, 0.3) is 0 Å². The lowest BCUT2D eigenvalue weighted by Crippen LogP contribution is -2.65. The summed E-state index contributed by atoms with van der Waals surface area (Å²) in [5.41, 5.74) is 0. The van der Waals surface area contributed by atoms with Gasteiger partial charge in [-0.3, -0.25) is 0 Å². The summed E-state index contributed by atoms with van der Waals surface area (Å²) in [7, 11) is 0. The molecule has 0 saturated carbocycles. The van der Waals surface area contributed by atoms with Crippen molar-refractivity contribution < 1.29 is 59.9 Å². The summed E-state index contributed by atoms with van der Waals surface area (Å²) in [5, 5.41) is 76.2. The third kappa shape index (κ3) is 3.52. The highest BCUT2D eigenvalue weighted by Gasteiger charge is 2.52. The van der Waals surface area contributed by atoms with E-state index in [0.717, 1.165) is 0 Å². The van der Waals surface area contributed by atoms with Crippen molar-refractivity contribution in [3.05, 3.63) is 0 Å². The number of carboxylic acids is 1. The number of carbonyl (C=O) groups is 1. The largest absolute Gasteiger partial charge is 0.479 e. The van der Waals surface area contributed by atoms with E-state index < -0.39 is 74.0 Å². The molecule has 0 aromatic heterocycles. The Morgan fingerprint density at radius 1 is 0.875 bits per heavy atom. The summed E-state index contributed by atoms with van der Waals surface area (Å²) in [6.07, 6.45) is -17.8. The zero-order valence-electron chi connectivity index (χ0n) is 12.2. The second-order valence-corrected chi connectivity index (χ2v) is 5.56. The van der Waals surface area contributed by atoms with Crippen molar-refractivity contribution in [2.75, 3.05) is 6.61 Å². The van der Waals surface area contributed by atoms with Crippen molar-refractivity contribution in [1.29, 1.82) is 0 Å². The van der Waals surface area contributed by atoms with E-state index in [1.807, 2.05) is 0 Å². The molecule has 2 fully saturated rings. The van der Waals surface area contributed by atoms with Crippen LogP contribution in [0.1, 0.15) is 0 Å². The lowest BCUT2D eigenvalue weighted by atomic mass is 9.97. The lowest BCUT2D eigenvalue weighted by molar-refractivity contribution is -0.350. The smallest absolute Gasteiger partial charge is 0.335 e. The van der Waals surface area contributed by atoms with E-state index in [0.29, 0.717) is 0 Å². The first-order valence-corrected chi connectivity index (χ1v) is 7.07. The Labute approximate surface area is 135 Å². The first-order valence-electron chi connectivity index (χ1n) is 7.07. The maximum atomic E-state index is 11.2. The monoisotopic (exact) mass is 356 g/mol. The van der Waals surface area contributed by atoms with Gasteiger partial charge in [-0.1, -0.05) is 0 Å². The zero-order chi connectivity index (χ0) is 18.2. The molecule has 24 heavy (non-hydrogen) atoms. The Hall–Kier alpha value is -0.930. The van der Waals surface area contributed by atoms with Crippen molar-refractivity contribution in [1.82, 2.24) is 0 Å². The molecule has 0 spiro atoms. The number of hydrogen-bond acceptors (Lipinski definition) is 11. The van der Waals surface area contributed by atoms with E-state index in [4.69, 9.17) is 19.7 Å². The van der Waals surface area contributed by atoms with E-state index in [1.54, 1.807) is 0 Å². The van der Waals surface area contributed by atoms with Crippen LogP contribution in [0.2, 0.25) is 0 Å². The number of aliphatic hydroxyl groups is 7. The molecule has 0 aromatic carbocycles. The molecule has 0 aromatic rings. The topological polar surface area (TPSA) is 207 Å². The summed E-state index contributed by atoms with van der Waals surface area (Å²) in [6.45, 7) is -0.738. The summed E-state index contributed by atoms with van der Waals surface area (Å²) in [4.78, 5) is 11.2. The molecule has 0 radical (unpaired) electrons. The molecule has 2 saturated heterocycles. The summed E-state index contributed by atoms with van der Waals surface area (Å²) < 4.78 is 14.8. The molecule has 0 amide bonds. The van der Waals surface area contributed by atoms with Gasteiger partial charge in [0.1, 0.15) is 42.7 Å². The SMILES string of the molecule is O=C(O)[C@H]1O[C@H](O)[C@H](O)[C@@H](O)[C@H]1O[C@H]1O[C@H](CO)[C@@H](O)[C@H](O)[C@H]1O. The van der Waals surface area contributed by atoms with Crippen LogP contribution in [0, 0.1) is 0 Å². The van der Waals surface area contributed by atoms with E-state index in [9.17, 15) is 35.4 Å². The van der Waals surface area contributed by atoms with E-state index in [2.05, 4.69) is 4.74 Å². The predicted molar refractivity (Wildman–Crippen MR) is 69.2 cm³/mol. The molecule has 0 aliphatic carbocycles. The van der Waals surface area contributed by atoms with Gasteiger partial charge in [0.05, 0.1) is 6.61 Å². The average molecular weight is 356 g/mol. The number of aliphatic hydroxyl groups excluding tert-OH is 7. The van der Waals surface area contributed by atoms with Gasteiger partial charge >= 0.3 is 5.97 Å². The van der Waals surface area contributed by atoms with Crippen molar-refractivity contribution >= 4 is 5.97 Å². The molecular formula is C12H20O12. The van der Waals surface area contributed by atoms with Crippen molar-refractivity contribution in [2.24, 2.45) is 0 Å². The molecule has 2 aliphatic rings. The van der Waals surface area contributed by atoms with Gasteiger partial charge in [0, 0.05) is 0 Å². The number of rotatable bonds is 4. The standard InChI is InChI=1S/C12H20O12/c13-1-2-3(14)4(15)7(18)12(22-2)24-8-5(16)6(17)11(21)23-9(8)10(19)20/h2-9,11-18,21H,1H2,(H,19,20)/t2-,3-,4+,5-,6-,7-,8-,9+,11+,12-/m1/s1. The molecule has 2 rings (SSSR count). The van der Waals surface area contributed by atoms with Crippen LogP contribution in [0.3, 0.4) is 0 Å².